The maximum atomic E-state index is 12.0. The van der Waals surface area contributed by atoms with Crippen molar-refractivity contribution in [2.24, 2.45) is 0 Å². The lowest BCUT2D eigenvalue weighted by Crippen LogP contribution is -2.41. The van der Waals surface area contributed by atoms with Crippen molar-refractivity contribution in [3.05, 3.63) is 59.9 Å². The van der Waals surface area contributed by atoms with E-state index in [1.54, 1.807) is 12.2 Å². The average molecular weight is 272 g/mol. The van der Waals surface area contributed by atoms with Crippen molar-refractivity contribution >= 4 is 5.78 Å². The Morgan fingerprint density at radius 3 is 2.70 bits per heavy atom. The van der Waals surface area contributed by atoms with E-state index in [9.17, 15) is 9.90 Å². The predicted molar refractivity (Wildman–Crippen MR) is 77.9 cm³/mol. The Balaban J connectivity index is 2.09. The first kappa shape index (κ1) is 14.5. The van der Waals surface area contributed by atoms with Crippen LogP contribution < -0.4 is 0 Å². The van der Waals surface area contributed by atoms with Gasteiger partial charge < -0.3 is 9.84 Å². The summed E-state index contributed by atoms with van der Waals surface area (Å²) in [4.78, 5) is 12.0. The van der Waals surface area contributed by atoms with Crippen LogP contribution in [0, 0.1) is 0 Å². The molecule has 0 aliphatic heterocycles. The minimum Gasteiger partial charge on any atom is -0.490 e. The van der Waals surface area contributed by atoms with Gasteiger partial charge in [0, 0.05) is 0 Å². The van der Waals surface area contributed by atoms with E-state index < -0.39 is 5.60 Å². The zero-order chi connectivity index (χ0) is 14.4. The molecule has 0 amide bonds. The maximum Gasteiger partial charge on any atom is 0.194 e. The van der Waals surface area contributed by atoms with Crippen molar-refractivity contribution in [2.45, 2.75) is 38.4 Å². The van der Waals surface area contributed by atoms with Gasteiger partial charge in [0.1, 0.15) is 12.4 Å². The molecular formula is C17H20O3. The van der Waals surface area contributed by atoms with Crippen LogP contribution in [-0.4, -0.2) is 16.5 Å². The summed E-state index contributed by atoms with van der Waals surface area (Å²) in [5.41, 5.74) is -0.493. The summed E-state index contributed by atoms with van der Waals surface area (Å²) in [6.07, 6.45) is 6.81. The van der Waals surface area contributed by atoms with Gasteiger partial charge in [-0.1, -0.05) is 49.8 Å². The van der Waals surface area contributed by atoms with Crippen LogP contribution in [0.15, 0.2) is 54.3 Å². The summed E-state index contributed by atoms with van der Waals surface area (Å²) in [5.74, 6) is 0.0545. The molecule has 0 fully saturated rings. The lowest BCUT2D eigenvalue weighted by molar-refractivity contribution is -0.133. The molecule has 0 saturated carbocycles. The second kappa shape index (κ2) is 6.53. The molecule has 1 aromatic carbocycles. The van der Waals surface area contributed by atoms with Crippen LogP contribution in [0.2, 0.25) is 0 Å². The molecule has 0 heterocycles. The van der Waals surface area contributed by atoms with E-state index in [1.165, 1.54) is 6.08 Å². The normalized spacial score (nSPS) is 21.7. The molecule has 3 nitrogen and oxygen atoms in total. The Labute approximate surface area is 119 Å². The van der Waals surface area contributed by atoms with E-state index in [0.29, 0.717) is 18.8 Å². The van der Waals surface area contributed by atoms with Gasteiger partial charge in [-0.25, -0.2) is 0 Å². The van der Waals surface area contributed by atoms with E-state index in [0.717, 1.165) is 18.4 Å². The first-order valence-electron chi connectivity index (χ1n) is 6.99. The van der Waals surface area contributed by atoms with Gasteiger partial charge in [-0.15, -0.1) is 0 Å². The molecule has 3 heteroatoms. The highest BCUT2D eigenvalue weighted by atomic mass is 16.5. The SMILES string of the molecule is CCCC[C@]1(O)C(=O)C=CC=C1OCc1ccccc1. The Kier molecular flexibility index (Phi) is 4.74. The largest absolute Gasteiger partial charge is 0.490 e. The highest BCUT2D eigenvalue weighted by molar-refractivity contribution is 6.00. The number of rotatable bonds is 6. The Bertz CT molecular complexity index is 516. The highest BCUT2D eigenvalue weighted by Crippen LogP contribution is 2.29. The fraction of sp³-hybridized carbons (Fsp3) is 0.353. The predicted octanol–water partition coefficient (Wildman–Crippen LogP) is 3.15. The summed E-state index contributed by atoms with van der Waals surface area (Å²) in [5, 5.41) is 10.6. The molecule has 1 aliphatic rings. The van der Waals surface area contributed by atoms with Gasteiger partial charge in [-0.3, -0.25) is 4.79 Å². The number of unbranched alkanes of at least 4 members (excludes halogenated alkanes) is 1. The third kappa shape index (κ3) is 3.17. The molecule has 106 valence electrons. The standard InChI is InChI=1S/C17H20O3/c1-2-3-12-17(19)15(18)10-7-11-16(17)20-13-14-8-5-4-6-9-14/h4-11,19H,2-3,12-13H2,1H3/t17-/m0/s1. The van der Waals surface area contributed by atoms with Gasteiger partial charge in [-0.05, 0) is 30.6 Å². The number of benzene rings is 1. The van der Waals surface area contributed by atoms with Crippen molar-refractivity contribution in [1.29, 1.82) is 0 Å². The van der Waals surface area contributed by atoms with E-state index >= 15 is 0 Å². The molecule has 0 aromatic heterocycles. The molecule has 1 aliphatic carbocycles. The number of carbonyl (C=O) groups excluding carboxylic acids is 1. The van der Waals surface area contributed by atoms with Crippen LogP contribution >= 0.6 is 0 Å². The summed E-state index contributed by atoms with van der Waals surface area (Å²) in [6.45, 7) is 2.38. The topological polar surface area (TPSA) is 46.5 Å². The number of hydrogen-bond donors (Lipinski definition) is 1. The number of ketones is 1. The van der Waals surface area contributed by atoms with Gasteiger partial charge in [0.15, 0.2) is 11.4 Å². The zero-order valence-electron chi connectivity index (χ0n) is 11.7. The molecule has 20 heavy (non-hydrogen) atoms. The summed E-state index contributed by atoms with van der Waals surface area (Å²) in [7, 11) is 0. The van der Waals surface area contributed by atoms with Crippen LogP contribution in [0.3, 0.4) is 0 Å². The third-order valence-electron chi connectivity index (χ3n) is 3.44. The van der Waals surface area contributed by atoms with Crippen molar-refractivity contribution in [3.63, 3.8) is 0 Å². The van der Waals surface area contributed by atoms with Gasteiger partial charge in [0.2, 0.25) is 0 Å². The number of ether oxygens (including phenoxy) is 1. The van der Waals surface area contributed by atoms with E-state index in [2.05, 4.69) is 0 Å². The van der Waals surface area contributed by atoms with Crippen molar-refractivity contribution in [1.82, 2.24) is 0 Å². The van der Waals surface area contributed by atoms with Crippen molar-refractivity contribution < 1.29 is 14.6 Å². The highest BCUT2D eigenvalue weighted by Gasteiger charge is 2.40. The molecule has 0 unspecified atom stereocenters. The van der Waals surface area contributed by atoms with Crippen LogP contribution in [-0.2, 0) is 16.1 Å². The first-order valence-corrected chi connectivity index (χ1v) is 6.99. The van der Waals surface area contributed by atoms with Crippen molar-refractivity contribution in [2.75, 3.05) is 0 Å². The Morgan fingerprint density at radius 2 is 2.00 bits per heavy atom. The van der Waals surface area contributed by atoms with Crippen LogP contribution in [0.1, 0.15) is 31.7 Å². The van der Waals surface area contributed by atoms with Gasteiger partial charge in [0.05, 0.1) is 0 Å². The smallest absolute Gasteiger partial charge is 0.194 e. The van der Waals surface area contributed by atoms with E-state index in [-0.39, 0.29) is 5.78 Å². The summed E-state index contributed by atoms with van der Waals surface area (Å²) in [6, 6.07) is 9.70. The zero-order valence-corrected chi connectivity index (χ0v) is 11.7. The van der Waals surface area contributed by atoms with Gasteiger partial charge >= 0.3 is 0 Å². The number of allylic oxidation sites excluding steroid dienone is 2. The van der Waals surface area contributed by atoms with Crippen LogP contribution in [0.5, 0.6) is 0 Å². The van der Waals surface area contributed by atoms with Crippen LogP contribution in [0.4, 0.5) is 0 Å². The monoisotopic (exact) mass is 272 g/mol. The third-order valence-corrected chi connectivity index (χ3v) is 3.44. The number of carbonyl (C=O) groups is 1. The number of aliphatic hydroxyl groups is 1. The lowest BCUT2D eigenvalue weighted by Gasteiger charge is -2.30. The fourth-order valence-electron chi connectivity index (χ4n) is 2.20. The molecule has 0 saturated heterocycles. The lowest BCUT2D eigenvalue weighted by atomic mass is 9.86. The maximum absolute atomic E-state index is 12.0. The summed E-state index contributed by atoms with van der Waals surface area (Å²) < 4.78 is 5.69. The van der Waals surface area contributed by atoms with Gasteiger partial charge in [0.25, 0.3) is 0 Å². The molecular weight excluding hydrogens is 252 g/mol. The second-order valence-corrected chi connectivity index (χ2v) is 4.99. The molecule has 1 atom stereocenters. The van der Waals surface area contributed by atoms with Crippen molar-refractivity contribution in [3.8, 4) is 0 Å². The first-order chi connectivity index (χ1) is 9.66. The van der Waals surface area contributed by atoms with Crippen LogP contribution in [0.25, 0.3) is 0 Å². The average Bonchev–Trinajstić information content (AvgIpc) is 2.48. The Hall–Kier alpha value is -1.87. The molecule has 1 N–H and O–H groups in total. The quantitative estimate of drug-likeness (QED) is 0.865. The fourth-order valence-corrected chi connectivity index (χ4v) is 2.20. The minimum atomic E-state index is -1.50. The molecule has 1 aromatic rings. The van der Waals surface area contributed by atoms with E-state index in [1.807, 2.05) is 37.3 Å². The Morgan fingerprint density at radius 1 is 1.25 bits per heavy atom. The molecule has 0 bridgehead atoms. The number of hydrogen-bond acceptors (Lipinski definition) is 3. The molecule has 0 spiro atoms. The van der Waals surface area contributed by atoms with E-state index in [4.69, 9.17) is 4.74 Å². The molecule has 2 rings (SSSR count). The summed E-state index contributed by atoms with van der Waals surface area (Å²) >= 11 is 0. The second-order valence-electron chi connectivity index (χ2n) is 4.99. The minimum absolute atomic E-state index is 0.295. The molecule has 0 radical (unpaired) electrons. The van der Waals surface area contributed by atoms with Gasteiger partial charge in [-0.2, -0.15) is 0 Å².